The number of hydrogen-bond acceptors (Lipinski definition) is 6. The summed E-state index contributed by atoms with van der Waals surface area (Å²) < 4.78 is 37.5. The molecule has 0 fully saturated rings. The van der Waals surface area contributed by atoms with Gasteiger partial charge in [0.25, 0.3) is 0 Å². The van der Waals surface area contributed by atoms with E-state index >= 15 is 0 Å². The smallest absolute Gasteiger partial charge is 0.243 e. The fourth-order valence-electron chi connectivity index (χ4n) is 5.11. The first-order valence-electron chi connectivity index (χ1n) is 14.7. The normalized spacial score (nSPS) is 12.9. The SMILES string of the molecule is CCCCNC(=O)C(Cc1ccccc1)N(Cc1cccc(C)c1)C(=O)CCCN(c1ccc2c(c1)OCO2)S(C)(=O)=O. The zero-order valence-electron chi connectivity index (χ0n) is 25.1. The summed E-state index contributed by atoms with van der Waals surface area (Å²) in [4.78, 5) is 29.2. The van der Waals surface area contributed by atoms with Gasteiger partial charge in [-0.15, -0.1) is 0 Å². The third-order valence-electron chi connectivity index (χ3n) is 7.33. The van der Waals surface area contributed by atoms with Crippen molar-refractivity contribution in [2.75, 3.05) is 30.4 Å². The molecule has 1 unspecified atom stereocenters. The second kappa shape index (κ2) is 14.9. The van der Waals surface area contributed by atoms with Crippen LogP contribution in [-0.4, -0.2) is 57.3 Å². The van der Waals surface area contributed by atoms with E-state index in [1.54, 1.807) is 23.1 Å². The van der Waals surface area contributed by atoms with E-state index in [2.05, 4.69) is 12.2 Å². The largest absolute Gasteiger partial charge is 0.454 e. The van der Waals surface area contributed by atoms with Gasteiger partial charge >= 0.3 is 0 Å². The lowest BCUT2D eigenvalue weighted by molar-refractivity contribution is -0.141. The Hall–Kier alpha value is -4.05. The number of anilines is 1. The van der Waals surface area contributed by atoms with Crippen molar-refractivity contribution in [1.29, 1.82) is 0 Å². The van der Waals surface area contributed by atoms with Crippen LogP contribution in [0.4, 0.5) is 5.69 Å². The highest BCUT2D eigenvalue weighted by atomic mass is 32.2. The molecular weight excluding hydrogens is 566 g/mol. The van der Waals surface area contributed by atoms with Crippen molar-refractivity contribution in [2.45, 2.75) is 58.5 Å². The lowest BCUT2D eigenvalue weighted by Crippen LogP contribution is -2.50. The summed E-state index contributed by atoms with van der Waals surface area (Å²) >= 11 is 0. The predicted octanol–water partition coefficient (Wildman–Crippen LogP) is 4.83. The number of ether oxygens (including phenoxy) is 2. The maximum absolute atomic E-state index is 14.0. The predicted molar refractivity (Wildman–Crippen MR) is 168 cm³/mol. The molecule has 1 aliphatic heterocycles. The van der Waals surface area contributed by atoms with E-state index in [-0.39, 0.29) is 44.5 Å². The van der Waals surface area contributed by atoms with Crippen molar-refractivity contribution in [3.63, 3.8) is 0 Å². The summed E-state index contributed by atoms with van der Waals surface area (Å²) in [6, 6.07) is 21.8. The molecule has 230 valence electrons. The van der Waals surface area contributed by atoms with Gasteiger partial charge in [-0.25, -0.2) is 8.42 Å². The molecule has 1 heterocycles. The molecule has 0 aromatic heterocycles. The fourth-order valence-corrected chi connectivity index (χ4v) is 6.07. The van der Waals surface area contributed by atoms with Gasteiger partial charge in [-0.3, -0.25) is 13.9 Å². The highest BCUT2D eigenvalue weighted by Crippen LogP contribution is 2.36. The third kappa shape index (κ3) is 8.97. The van der Waals surface area contributed by atoms with Gasteiger partial charge in [-0.1, -0.05) is 73.5 Å². The fraction of sp³-hybridized carbons (Fsp3) is 0.394. The maximum Gasteiger partial charge on any atom is 0.243 e. The van der Waals surface area contributed by atoms with E-state index in [4.69, 9.17) is 9.47 Å². The molecule has 9 nitrogen and oxygen atoms in total. The van der Waals surface area contributed by atoms with Crippen LogP contribution in [0.25, 0.3) is 0 Å². The summed E-state index contributed by atoms with van der Waals surface area (Å²) in [5.41, 5.74) is 3.37. The molecule has 1 atom stereocenters. The Kier molecular flexibility index (Phi) is 11.1. The summed E-state index contributed by atoms with van der Waals surface area (Å²) in [6.45, 7) is 5.02. The van der Waals surface area contributed by atoms with Crippen LogP contribution in [0.2, 0.25) is 0 Å². The Balaban J connectivity index is 1.56. The summed E-state index contributed by atoms with van der Waals surface area (Å²) in [7, 11) is -3.64. The Morgan fingerprint density at radius 3 is 2.40 bits per heavy atom. The van der Waals surface area contributed by atoms with Crippen LogP contribution in [-0.2, 0) is 32.6 Å². The number of unbranched alkanes of at least 4 members (excludes halogenated alkanes) is 1. The van der Waals surface area contributed by atoms with Gasteiger partial charge in [-0.05, 0) is 43.0 Å². The Labute approximate surface area is 254 Å². The minimum Gasteiger partial charge on any atom is -0.454 e. The lowest BCUT2D eigenvalue weighted by atomic mass is 10.0. The summed E-state index contributed by atoms with van der Waals surface area (Å²) in [5, 5.41) is 3.03. The van der Waals surface area contributed by atoms with Gasteiger partial charge < -0.3 is 19.7 Å². The summed E-state index contributed by atoms with van der Waals surface area (Å²) in [6.07, 6.45) is 3.62. The molecule has 1 aliphatic rings. The van der Waals surface area contributed by atoms with Gasteiger partial charge in [0.1, 0.15) is 6.04 Å². The number of carbonyl (C=O) groups is 2. The van der Waals surface area contributed by atoms with Crippen molar-refractivity contribution in [2.24, 2.45) is 0 Å². The number of amides is 2. The first kappa shape index (κ1) is 31.9. The molecule has 43 heavy (non-hydrogen) atoms. The van der Waals surface area contributed by atoms with Crippen molar-refractivity contribution in [3.05, 3.63) is 89.5 Å². The molecule has 0 radical (unpaired) electrons. The number of nitrogens with one attached hydrogen (secondary N) is 1. The van der Waals surface area contributed by atoms with Crippen LogP contribution in [0.5, 0.6) is 11.5 Å². The van der Waals surface area contributed by atoms with Crippen LogP contribution >= 0.6 is 0 Å². The Morgan fingerprint density at radius 1 is 0.930 bits per heavy atom. The minimum absolute atomic E-state index is 0.0654. The molecule has 0 saturated carbocycles. The molecular formula is C33H41N3O6S. The molecule has 0 aliphatic carbocycles. The molecule has 1 N–H and O–H groups in total. The average molecular weight is 608 g/mol. The van der Waals surface area contributed by atoms with E-state index in [9.17, 15) is 18.0 Å². The van der Waals surface area contributed by atoms with Gasteiger partial charge in [0, 0.05) is 38.5 Å². The second-order valence-electron chi connectivity index (χ2n) is 10.8. The molecule has 4 rings (SSSR count). The second-order valence-corrected chi connectivity index (χ2v) is 12.7. The van der Waals surface area contributed by atoms with E-state index in [1.807, 2.05) is 61.5 Å². The maximum atomic E-state index is 14.0. The number of benzene rings is 3. The van der Waals surface area contributed by atoms with Gasteiger partial charge in [-0.2, -0.15) is 0 Å². The highest BCUT2D eigenvalue weighted by Gasteiger charge is 2.30. The van der Waals surface area contributed by atoms with Gasteiger partial charge in [0.15, 0.2) is 11.5 Å². The Morgan fingerprint density at radius 2 is 1.67 bits per heavy atom. The number of carbonyl (C=O) groups excluding carboxylic acids is 2. The number of sulfonamides is 1. The van der Waals surface area contributed by atoms with E-state index in [0.717, 1.165) is 35.8 Å². The third-order valence-corrected chi connectivity index (χ3v) is 8.53. The molecule has 0 saturated heterocycles. The number of aryl methyl sites for hydroxylation is 1. The average Bonchev–Trinajstić information content (AvgIpc) is 3.45. The van der Waals surface area contributed by atoms with E-state index in [1.165, 1.54) is 4.31 Å². The van der Waals surface area contributed by atoms with Crippen molar-refractivity contribution >= 4 is 27.5 Å². The minimum atomic E-state index is -3.64. The molecule has 3 aromatic rings. The molecule has 0 bridgehead atoms. The highest BCUT2D eigenvalue weighted by molar-refractivity contribution is 7.92. The van der Waals surface area contributed by atoms with Crippen LogP contribution in [0.15, 0.2) is 72.8 Å². The quantitative estimate of drug-likeness (QED) is 0.248. The van der Waals surface area contributed by atoms with Crippen molar-refractivity contribution < 1.29 is 27.5 Å². The number of rotatable bonds is 15. The molecule has 3 aromatic carbocycles. The van der Waals surface area contributed by atoms with Crippen LogP contribution in [0.1, 0.15) is 49.3 Å². The topological polar surface area (TPSA) is 105 Å². The Bertz CT molecular complexity index is 1500. The first-order chi connectivity index (χ1) is 20.7. The first-order valence-corrected chi connectivity index (χ1v) is 16.5. The number of hydrogen-bond donors (Lipinski definition) is 1. The molecule has 0 spiro atoms. The monoisotopic (exact) mass is 607 g/mol. The van der Waals surface area contributed by atoms with Crippen LogP contribution < -0.4 is 19.1 Å². The zero-order valence-corrected chi connectivity index (χ0v) is 25.9. The van der Waals surface area contributed by atoms with Crippen LogP contribution in [0.3, 0.4) is 0 Å². The van der Waals surface area contributed by atoms with Crippen molar-refractivity contribution in [3.8, 4) is 11.5 Å². The molecule has 10 heteroatoms. The standard InChI is InChI=1S/C33H41N3O6S/c1-4-5-18-34-33(38)29(21-26-12-7-6-8-13-26)35(23-27-14-9-11-25(2)20-27)32(37)15-10-19-36(43(3,39)40)28-16-17-30-31(22-28)42-24-41-30/h6-9,11-14,16-17,20,22,29H,4-5,10,15,18-19,21,23-24H2,1-3H3,(H,34,38). The summed E-state index contributed by atoms with van der Waals surface area (Å²) in [5.74, 6) is 0.619. The van der Waals surface area contributed by atoms with Crippen LogP contribution in [0, 0.1) is 6.92 Å². The van der Waals surface area contributed by atoms with Crippen molar-refractivity contribution in [1.82, 2.24) is 10.2 Å². The zero-order chi connectivity index (χ0) is 30.8. The van der Waals surface area contributed by atoms with E-state index in [0.29, 0.717) is 30.2 Å². The number of nitrogens with zero attached hydrogens (tertiary/aromatic N) is 2. The lowest BCUT2D eigenvalue weighted by Gasteiger charge is -2.32. The van der Waals surface area contributed by atoms with Gasteiger partial charge in [0.2, 0.25) is 28.6 Å². The number of fused-ring (bicyclic) bond motifs is 1. The molecule has 2 amide bonds. The van der Waals surface area contributed by atoms with E-state index < -0.39 is 16.1 Å². The van der Waals surface area contributed by atoms with Gasteiger partial charge in [0.05, 0.1) is 11.9 Å².